The zero-order valence-corrected chi connectivity index (χ0v) is 55.5. The second-order valence-electron chi connectivity index (χ2n) is 26.4. The van der Waals surface area contributed by atoms with E-state index in [0.29, 0.717) is 26.2 Å². The van der Waals surface area contributed by atoms with Crippen molar-refractivity contribution in [2.75, 3.05) is 91.6 Å². The van der Waals surface area contributed by atoms with Gasteiger partial charge in [0.15, 0.2) is 0 Å². The van der Waals surface area contributed by atoms with Gasteiger partial charge in [-0.3, -0.25) is 24.5 Å². The highest BCUT2D eigenvalue weighted by atomic mass is 16.3. The van der Waals surface area contributed by atoms with E-state index in [-0.39, 0.29) is 18.3 Å². The highest BCUT2D eigenvalue weighted by Gasteiger charge is 2.24. The van der Waals surface area contributed by atoms with Crippen LogP contribution in [0.15, 0.2) is 0 Å². The summed E-state index contributed by atoms with van der Waals surface area (Å²) in [5.74, 6) is 0. The zero-order chi connectivity index (χ0) is 58.9. The number of piperazine rings is 1. The van der Waals surface area contributed by atoms with Gasteiger partial charge in [-0.2, -0.15) is 0 Å². The molecule has 5 N–H and O–H groups in total. The fraction of sp³-hybridized carbons (Fsp3) is 1.00. The SMILES string of the molecule is CCCCCCCCCCCCC(O)N(CCN1CCN(CCN(CCN(CC(O)CCCCCCCCCC)CC(O)CCCCCCCCCC)CC(O)CCCCCCCCCC)CC1)CC(O)CCCCCCCCCC. The largest absolute Gasteiger partial charge is 0.392 e. The second kappa shape index (κ2) is 59.9. The summed E-state index contributed by atoms with van der Waals surface area (Å²) in [5.41, 5.74) is 0. The maximum Gasteiger partial charge on any atom is 0.107 e. The van der Waals surface area contributed by atoms with Crippen molar-refractivity contribution in [1.29, 1.82) is 0 Å². The quantitative estimate of drug-likeness (QED) is 0.0298. The Balaban J connectivity index is 2.94. The molecule has 1 fully saturated rings. The molecule has 10 nitrogen and oxygen atoms in total. The standard InChI is InChI=1S/C71H147N5O5/c1-6-11-16-21-26-31-32-37-42-47-52-71(81)76(66-70(80)51-46-41-36-30-25-20-15-10-5)62-61-73-55-53-72(54-56-73)57-58-74(63-67(77)48-43-38-33-27-22-17-12-7-2)59-60-75(64-68(78)49-44-39-34-28-23-18-13-8-3)65-69(79)50-45-40-35-29-24-19-14-9-4/h67-71,77-81H,6-66H2,1-5H3. The van der Waals surface area contributed by atoms with Gasteiger partial charge in [0.25, 0.3) is 0 Å². The Labute approximate surface area is 506 Å². The summed E-state index contributed by atoms with van der Waals surface area (Å²) in [6.45, 7) is 23.1. The average Bonchev–Trinajstić information content (AvgIpc) is 3.46. The predicted molar refractivity (Wildman–Crippen MR) is 353 cm³/mol. The summed E-state index contributed by atoms with van der Waals surface area (Å²) in [4.78, 5) is 12.2. The fourth-order valence-electron chi connectivity index (χ4n) is 12.6. The lowest BCUT2D eigenvalue weighted by atomic mass is 10.0. The minimum Gasteiger partial charge on any atom is -0.392 e. The summed E-state index contributed by atoms with van der Waals surface area (Å²) >= 11 is 0. The number of aliphatic hydroxyl groups excluding tert-OH is 5. The van der Waals surface area contributed by atoms with Crippen LogP contribution in [-0.2, 0) is 0 Å². The van der Waals surface area contributed by atoms with Gasteiger partial charge in [0, 0.05) is 91.6 Å². The predicted octanol–water partition coefficient (Wildman–Crippen LogP) is 16.7. The third-order valence-corrected chi connectivity index (χ3v) is 18.3. The highest BCUT2D eigenvalue weighted by Crippen LogP contribution is 2.19. The lowest BCUT2D eigenvalue weighted by Gasteiger charge is -2.38. The fourth-order valence-corrected chi connectivity index (χ4v) is 12.6. The van der Waals surface area contributed by atoms with E-state index in [1.165, 1.54) is 238 Å². The Morgan fingerprint density at radius 3 is 0.802 bits per heavy atom. The van der Waals surface area contributed by atoms with Crippen LogP contribution in [0.2, 0.25) is 0 Å². The van der Waals surface area contributed by atoms with Gasteiger partial charge >= 0.3 is 0 Å². The Bertz CT molecular complexity index is 1200. The summed E-state index contributed by atoms with van der Waals surface area (Å²) in [5, 5.41) is 57.3. The number of hydrogen-bond donors (Lipinski definition) is 5. The van der Waals surface area contributed by atoms with Crippen LogP contribution in [-0.4, -0.2) is 172 Å². The topological polar surface area (TPSA) is 117 Å². The van der Waals surface area contributed by atoms with Crippen molar-refractivity contribution in [2.45, 2.75) is 367 Å². The van der Waals surface area contributed by atoms with Crippen molar-refractivity contribution in [3.8, 4) is 0 Å². The van der Waals surface area contributed by atoms with Crippen LogP contribution < -0.4 is 0 Å². The molecule has 1 aliphatic heterocycles. The molecule has 5 atom stereocenters. The molecule has 0 bridgehead atoms. The van der Waals surface area contributed by atoms with Gasteiger partial charge in [0.05, 0.1) is 24.4 Å². The third-order valence-electron chi connectivity index (χ3n) is 18.3. The Kier molecular flexibility index (Phi) is 58.1. The molecule has 1 saturated heterocycles. The van der Waals surface area contributed by atoms with Crippen LogP contribution in [0.25, 0.3) is 0 Å². The van der Waals surface area contributed by atoms with Gasteiger partial charge in [-0.25, -0.2) is 0 Å². The first kappa shape index (κ1) is 78.6. The molecule has 0 spiro atoms. The molecule has 1 rings (SSSR count). The number of unbranched alkanes of at least 4 members (excludes halogenated alkanes) is 37. The van der Waals surface area contributed by atoms with Gasteiger partial charge in [-0.05, 0) is 38.5 Å². The van der Waals surface area contributed by atoms with Crippen molar-refractivity contribution in [1.82, 2.24) is 24.5 Å². The molecule has 486 valence electrons. The molecule has 0 aromatic heterocycles. The Hall–Kier alpha value is -0.400. The van der Waals surface area contributed by atoms with Crippen molar-refractivity contribution in [3.63, 3.8) is 0 Å². The summed E-state index contributed by atoms with van der Waals surface area (Å²) in [7, 11) is 0. The number of hydrogen-bond acceptors (Lipinski definition) is 10. The maximum absolute atomic E-state index is 11.6. The summed E-state index contributed by atoms with van der Waals surface area (Å²) in [6.07, 6.45) is 55.5. The molecular formula is C71H147N5O5. The van der Waals surface area contributed by atoms with Crippen molar-refractivity contribution < 1.29 is 25.5 Å². The molecule has 0 radical (unpaired) electrons. The van der Waals surface area contributed by atoms with Crippen LogP contribution in [0.4, 0.5) is 0 Å². The Morgan fingerprint density at radius 2 is 0.494 bits per heavy atom. The van der Waals surface area contributed by atoms with Crippen LogP contribution in [0.1, 0.15) is 336 Å². The summed E-state index contributed by atoms with van der Waals surface area (Å²) in [6, 6.07) is 0. The van der Waals surface area contributed by atoms with Gasteiger partial charge < -0.3 is 25.5 Å². The van der Waals surface area contributed by atoms with E-state index < -0.39 is 12.3 Å². The normalized spacial score (nSPS) is 15.7. The van der Waals surface area contributed by atoms with Crippen LogP contribution in [0.3, 0.4) is 0 Å². The molecule has 10 heteroatoms. The lowest BCUT2D eigenvalue weighted by Crippen LogP contribution is -2.52. The Morgan fingerprint density at radius 1 is 0.259 bits per heavy atom. The first-order valence-electron chi connectivity index (χ1n) is 36.7. The lowest BCUT2D eigenvalue weighted by molar-refractivity contribution is -0.0360. The number of rotatable bonds is 65. The molecule has 0 aromatic carbocycles. The molecule has 0 aliphatic carbocycles. The monoisotopic (exact) mass is 1150 g/mol. The van der Waals surface area contributed by atoms with Gasteiger partial charge in [0.2, 0.25) is 0 Å². The van der Waals surface area contributed by atoms with E-state index >= 15 is 0 Å². The van der Waals surface area contributed by atoms with E-state index in [1.54, 1.807) is 0 Å². The first-order chi connectivity index (χ1) is 39.6. The van der Waals surface area contributed by atoms with Gasteiger partial charge in [0.1, 0.15) is 6.23 Å². The molecule has 1 aliphatic rings. The van der Waals surface area contributed by atoms with Gasteiger partial charge in [-0.1, -0.05) is 298 Å². The molecule has 0 amide bonds. The average molecular weight is 1150 g/mol. The summed E-state index contributed by atoms with van der Waals surface area (Å²) < 4.78 is 0. The van der Waals surface area contributed by atoms with E-state index in [2.05, 4.69) is 59.1 Å². The van der Waals surface area contributed by atoms with Crippen molar-refractivity contribution >= 4 is 0 Å². The molecule has 0 saturated carbocycles. The molecule has 81 heavy (non-hydrogen) atoms. The van der Waals surface area contributed by atoms with E-state index in [9.17, 15) is 25.5 Å². The third kappa shape index (κ3) is 51.4. The zero-order valence-electron chi connectivity index (χ0n) is 55.5. The highest BCUT2D eigenvalue weighted by molar-refractivity contribution is 4.79. The molecule has 5 unspecified atom stereocenters. The molecule has 0 aromatic rings. The molecule has 1 heterocycles. The molecular weight excluding hydrogens is 1000 g/mol. The second-order valence-corrected chi connectivity index (χ2v) is 26.4. The van der Waals surface area contributed by atoms with E-state index in [1.807, 2.05) is 0 Å². The van der Waals surface area contributed by atoms with E-state index in [4.69, 9.17) is 0 Å². The van der Waals surface area contributed by atoms with Crippen molar-refractivity contribution in [3.05, 3.63) is 0 Å². The van der Waals surface area contributed by atoms with Crippen molar-refractivity contribution in [2.24, 2.45) is 0 Å². The minimum absolute atomic E-state index is 0.349. The smallest absolute Gasteiger partial charge is 0.107 e. The van der Waals surface area contributed by atoms with Crippen LogP contribution >= 0.6 is 0 Å². The van der Waals surface area contributed by atoms with Gasteiger partial charge in [-0.15, -0.1) is 0 Å². The minimum atomic E-state index is -0.502. The maximum atomic E-state index is 11.6. The number of aliphatic hydroxyl groups is 5. The number of nitrogens with zero attached hydrogens (tertiary/aromatic N) is 5. The van der Waals surface area contributed by atoms with Crippen LogP contribution in [0.5, 0.6) is 0 Å². The van der Waals surface area contributed by atoms with Crippen LogP contribution in [0, 0.1) is 0 Å². The van der Waals surface area contributed by atoms with E-state index in [0.717, 1.165) is 130 Å². The first-order valence-corrected chi connectivity index (χ1v) is 36.7.